The quantitative estimate of drug-likeness (QED) is 0.736. The predicted octanol–water partition coefficient (Wildman–Crippen LogP) is 4.26. The number of nitrogens with one attached hydrogen (secondary N) is 1. The summed E-state index contributed by atoms with van der Waals surface area (Å²) in [5, 5.41) is 13.9. The van der Waals surface area contributed by atoms with Crippen molar-refractivity contribution in [2.45, 2.75) is 49.7 Å². The minimum absolute atomic E-state index is 0. The van der Waals surface area contributed by atoms with E-state index in [4.69, 9.17) is 0 Å². The highest BCUT2D eigenvalue weighted by Gasteiger charge is 2.55. The van der Waals surface area contributed by atoms with Crippen LogP contribution in [0.1, 0.15) is 49.3 Å². The van der Waals surface area contributed by atoms with E-state index < -0.39 is 29.2 Å². The van der Waals surface area contributed by atoms with Crippen LogP contribution < -0.4 is 10.2 Å². The lowest BCUT2D eigenvalue weighted by Crippen LogP contribution is -2.47. The normalized spacial score (nSPS) is 19.3. The molecule has 7 heteroatoms. The maximum absolute atomic E-state index is 15.1. The molecule has 162 valence electrons. The number of rotatable bonds is 5. The first kappa shape index (κ1) is 22.7. The Balaban J connectivity index is 0.00000256. The number of amides is 1. The average molecular weight is 437 g/mol. The van der Waals surface area contributed by atoms with Crippen molar-refractivity contribution in [3.8, 4) is 0 Å². The third-order valence-corrected chi connectivity index (χ3v) is 6.34. The van der Waals surface area contributed by atoms with Crippen molar-refractivity contribution in [1.29, 1.82) is 0 Å². The number of hydrogen-bond acceptors (Lipinski definition) is 3. The summed E-state index contributed by atoms with van der Waals surface area (Å²) < 4.78 is 29.3. The number of carbonyl (C=O) groups is 1. The van der Waals surface area contributed by atoms with Crippen LogP contribution in [0.3, 0.4) is 0 Å². The summed E-state index contributed by atoms with van der Waals surface area (Å²) >= 11 is 0. The van der Waals surface area contributed by atoms with E-state index in [-0.39, 0.29) is 30.4 Å². The van der Waals surface area contributed by atoms with Crippen LogP contribution in [-0.4, -0.2) is 30.7 Å². The summed E-state index contributed by atoms with van der Waals surface area (Å²) in [4.78, 5) is 15.3. The van der Waals surface area contributed by atoms with Gasteiger partial charge in [0.2, 0.25) is 5.91 Å². The molecule has 2 atom stereocenters. The molecule has 2 aromatic rings. The van der Waals surface area contributed by atoms with E-state index in [1.165, 1.54) is 11.0 Å². The molecular formula is C23H27ClF2N2O2. The fourth-order valence-corrected chi connectivity index (χ4v) is 5.05. The zero-order chi connectivity index (χ0) is 20.6. The number of nitrogens with zero attached hydrogens (tertiary/aromatic N) is 1. The summed E-state index contributed by atoms with van der Waals surface area (Å²) in [5.74, 6) is -2.11. The summed E-state index contributed by atoms with van der Waals surface area (Å²) in [5.41, 5.74) is 0.248. The van der Waals surface area contributed by atoms with Crippen molar-refractivity contribution in [2.24, 2.45) is 0 Å². The molecule has 1 amide bonds. The van der Waals surface area contributed by atoms with E-state index in [0.717, 1.165) is 30.9 Å². The maximum atomic E-state index is 15.1. The van der Waals surface area contributed by atoms with E-state index in [1.807, 2.05) is 30.3 Å². The van der Waals surface area contributed by atoms with E-state index in [2.05, 4.69) is 5.32 Å². The fraction of sp³-hybridized carbons (Fsp3) is 0.435. The Kier molecular flexibility index (Phi) is 6.80. The Morgan fingerprint density at radius 1 is 1.10 bits per heavy atom. The standard InChI is InChI=1S/C23H26F2N2O2.ClH/c1-26-14-18(28)21(15-8-4-2-5-9-15)27-17-11-10-16(24)20(25)19(17)23(22(27)29)12-6-3-7-13-23;/h2,4-5,8-11,18,21,26,28H,3,6-7,12-14H2,1H3;1H/t18-,21+;/m1./s1. The molecule has 4 rings (SSSR count). The Morgan fingerprint density at radius 2 is 1.77 bits per heavy atom. The van der Waals surface area contributed by atoms with Crippen LogP contribution in [0.25, 0.3) is 0 Å². The minimum Gasteiger partial charge on any atom is -0.389 e. The van der Waals surface area contributed by atoms with Gasteiger partial charge in [-0.1, -0.05) is 49.6 Å². The van der Waals surface area contributed by atoms with Gasteiger partial charge in [0.1, 0.15) is 0 Å². The lowest BCUT2D eigenvalue weighted by atomic mass is 9.70. The minimum atomic E-state index is -1.05. The van der Waals surface area contributed by atoms with Crippen LogP contribution in [0, 0.1) is 11.6 Å². The largest absolute Gasteiger partial charge is 0.389 e. The van der Waals surface area contributed by atoms with Crippen LogP contribution in [-0.2, 0) is 10.2 Å². The van der Waals surface area contributed by atoms with E-state index in [0.29, 0.717) is 18.5 Å². The molecule has 1 fully saturated rings. The Hall–Kier alpha value is -2.02. The first-order valence-corrected chi connectivity index (χ1v) is 10.2. The molecule has 1 saturated carbocycles. The van der Waals surface area contributed by atoms with Crippen molar-refractivity contribution in [2.75, 3.05) is 18.5 Å². The molecule has 1 spiro atoms. The fourth-order valence-electron chi connectivity index (χ4n) is 5.05. The lowest BCUT2D eigenvalue weighted by Gasteiger charge is -2.36. The summed E-state index contributed by atoms with van der Waals surface area (Å²) in [6.45, 7) is 0.259. The van der Waals surface area contributed by atoms with Crippen LogP contribution in [0.5, 0.6) is 0 Å². The molecule has 1 aliphatic heterocycles. The van der Waals surface area contributed by atoms with Crippen LogP contribution in [0.15, 0.2) is 42.5 Å². The van der Waals surface area contributed by atoms with Gasteiger partial charge < -0.3 is 15.3 Å². The molecule has 0 aromatic heterocycles. The number of aliphatic hydroxyl groups excluding tert-OH is 1. The van der Waals surface area contributed by atoms with Gasteiger partial charge in [-0.2, -0.15) is 0 Å². The second-order valence-corrected chi connectivity index (χ2v) is 8.05. The molecule has 0 saturated heterocycles. The number of anilines is 1. The molecule has 0 radical (unpaired) electrons. The van der Waals surface area contributed by atoms with Crippen LogP contribution in [0.4, 0.5) is 14.5 Å². The van der Waals surface area contributed by atoms with E-state index >= 15 is 4.39 Å². The molecule has 1 heterocycles. The van der Waals surface area contributed by atoms with Crippen molar-refractivity contribution in [3.63, 3.8) is 0 Å². The molecule has 0 unspecified atom stereocenters. The topological polar surface area (TPSA) is 52.6 Å². The van der Waals surface area contributed by atoms with Gasteiger partial charge in [0.25, 0.3) is 0 Å². The van der Waals surface area contributed by atoms with Gasteiger partial charge in [0.05, 0.1) is 23.2 Å². The summed E-state index contributed by atoms with van der Waals surface area (Å²) in [7, 11) is 1.72. The Labute approximate surface area is 181 Å². The number of hydrogen-bond donors (Lipinski definition) is 2. The second kappa shape index (κ2) is 9.00. The highest BCUT2D eigenvalue weighted by Crippen LogP contribution is 2.54. The number of benzene rings is 2. The lowest BCUT2D eigenvalue weighted by molar-refractivity contribution is -0.125. The zero-order valence-electron chi connectivity index (χ0n) is 16.9. The van der Waals surface area contributed by atoms with Crippen molar-refractivity contribution >= 4 is 24.0 Å². The highest BCUT2D eigenvalue weighted by atomic mass is 35.5. The zero-order valence-corrected chi connectivity index (χ0v) is 17.7. The monoisotopic (exact) mass is 436 g/mol. The van der Waals surface area contributed by atoms with Gasteiger partial charge in [-0.15, -0.1) is 12.4 Å². The second-order valence-electron chi connectivity index (χ2n) is 8.05. The highest BCUT2D eigenvalue weighted by molar-refractivity contribution is 6.09. The molecule has 0 bridgehead atoms. The smallest absolute Gasteiger partial charge is 0.238 e. The summed E-state index contributed by atoms with van der Waals surface area (Å²) in [6, 6.07) is 11.1. The molecule has 2 aliphatic rings. The molecule has 2 aromatic carbocycles. The van der Waals surface area contributed by atoms with Gasteiger partial charge in [-0.25, -0.2) is 8.78 Å². The van der Waals surface area contributed by atoms with Crippen LogP contribution >= 0.6 is 12.4 Å². The number of likely N-dealkylation sites (N-methyl/N-ethyl adjacent to an activating group) is 1. The van der Waals surface area contributed by atoms with E-state index in [1.54, 1.807) is 7.05 Å². The first-order chi connectivity index (χ1) is 14.0. The third kappa shape index (κ3) is 3.51. The number of aliphatic hydroxyl groups is 1. The summed E-state index contributed by atoms with van der Waals surface area (Å²) in [6.07, 6.45) is 2.66. The van der Waals surface area contributed by atoms with E-state index in [9.17, 15) is 14.3 Å². The number of carbonyl (C=O) groups excluding carboxylic acids is 1. The molecule has 30 heavy (non-hydrogen) atoms. The SMILES string of the molecule is CNC[C@@H](O)[C@H](c1ccccc1)N1C(=O)C2(CCCCC2)c2c1ccc(F)c2F.Cl. The number of fused-ring (bicyclic) bond motifs is 2. The third-order valence-electron chi connectivity index (χ3n) is 6.34. The molecule has 2 N–H and O–H groups in total. The average Bonchev–Trinajstić information content (AvgIpc) is 2.96. The van der Waals surface area contributed by atoms with Crippen molar-refractivity contribution < 1.29 is 18.7 Å². The Bertz CT molecular complexity index is 904. The number of halogens is 3. The molecular weight excluding hydrogens is 410 g/mol. The maximum Gasteiger partial charge on any atom is 0.238 e. The van der Waals surface area contributed by atoms with Gasteiger partial charge >= 0.3 is 0 Å². The molecule has 1 aliphatic carbocycles. The van der Waals surface area contributed by atoms with Gasteiger partial charge in [-0.05, 0) is 37.6 Å². The molecule has 4 nitrogen and oxygen atoms in total. The predicted molar refractivity (Wildman–Crippen MR) is 115 cm³/mol. The van der Waals surface area contributed by atoms with Crippen molar-refractivity contribution in [3.05, 3.63) is 65.2 Å². The first-order valence-electron chi connectivity index (χ1n) is 10.2. The van der Waals surface area contributed by atoms with Crippen molar-refractivity contribution in [1.82, 2.24) is 5.32 Å². The Morgan fingerprint density at radius 3 is 2.40 bits per heavy atom. The van der Waals surface area contributed by atoms with Crippen LogP contribution in [0.2, 0.25) is 0 Å². The van der Waals surface area contributed by atoms with Gasteiger partial charge in [0.15, 0.2) is 11.6 Å². The van der Waals surface area contributed by atoms with Gasteiger partial charge in [0, 0.05) is 12.1 Å². The van der Waals surface area contributed by atoms with Gasteiger partial charge in [-0.3, -0.25) is 4.79 Å².